The summed E-state index contributed by atoms with van der Waals surface area (Å²) in [4.78, 5) is 10.3. The number of carboxylic acids is 1. The molecule has 0 aliphatic heterocycles. The van der Waals surface area contributed by atoms with Crippen LogP contribution in [0.1, 0.15) is 5.56 Å². The van der Waals surface area contributed by atoms with Crippen LogP contribution in [0.2, 0.25) is 0 Å². The first-order valence-corrected chi connectivity index (χ1v) is 4.19. The summed E-state index contributed by atoms with van der Waals surface area (Å²) in [6, 6.07) is 0. The van der Waals surface area contributed by atoms with Crippen LogP contribution in [0, 0.1) is 6.92 Å². The van der Waals surface area contributed by atoms with Crippen LogP contribution in [0.25, 0.3) is 0 Å². The monoisotopic (exact) mass is 201 g/mol. The Morgan fingerprint density at radius 2 is 2.50 bits per heavy atom. The summed E-state index contributed by atoms with van der Waals surface area (Å²) in [6.45, 7) is 1.30. The van der Waals surface area contributed by atoms with E-state index in [4.69, 9.17) is 5.11 Å². The second-order valence-electron chi connectivity index (χ2n) is 2.86. The summed E-state index contributed by atoms with van der Waals surface area (Å²) in [5.41, 5.74) is 0.805. The number of anilines is 1. The predicted octanol–water partition coefficient (Wildman–Crippen LogP) is 0.658. The third kappa shape index (κ3) is 2.72. The Morgan fingerprint density at radius 1 is 1.79 bits per heavy atom. The summed E-state index contributed by atoms with van der Waals surface area (Å²) in [5, 5.41) is 15.0. The minimum absolute atomic E-state index is 0.187. The van der Waals surface area contributed by atoms with Crippen molar-refractivity contribution in [2.24, 2.45) is 0 Å². The fourth-order valence-corrected chi connectivity index (χ4v) is 1.06. The third-order valence-electron chi connectivity index (χ3n) is 1.67. The average molecular weight is 201 g/mol. The lowest BCUT2D eigenvalue weighted by Crippen LogP contribution is -2.13. The number of rotatable bonds is 5. The molecule has 0 bridgehead atoms. The van der Waals surface area contributed by atoms with Crippen molar-refractivity contribution in [3.05, 3.63) is 11.8 Å². The predicted molar refractivity (Wildman–Crippen MR) is 49.1 cm³/mol. The van der Waals surface area contributed by atoms with E-state index >= 15 is 0 Å². The maximum atomic E-state index is 12.0. The van der Waals surface area contributed by atoms with Crippen molar-refractivity contribution in [2.45, 2.75) is 13.5 Å². The van der Waals surface area contributed by atoms with E-state index in [2.05, 4.69) is 10.4 Å². The van der Waals surface area contributed by atoms with Crippen molar-refractivity contribution in [1.82, 2.24) is 9.78 Å². The highest BCUT2D eigenvalue weighted by atomic mass is 19.1. The zero-order valence-electron chi connectivity index (χ0n) is 7.83. The summed E-state index contributed by atoms with van der Waals surface area (Å²) in [6.07, 6.45) is 1.67. The molecule has 0 spiro atoms. The molecule has 78 valence electrons. The van der Waals surface area contributed by atoms with Gasteiger partial charge in [-0.05, 0) is 6.92 Å². The maximum absolute atomic E-state index is 12.0. The number of halogens is 1. The average Bonchev–Trinajstić information content (AvgIpc) is 2.44. The number of hydrogen-bond acceptors (Lipinski definition) is 3. The number of aliphatic carboxylic acids is 1. The van der Waals surface area contributed by atoms with Crippen molar-refractivity contribution in [3.63, 3.8) is 0 Å². The molecule has 14 heavy (non-hydrogen) atoms. The van der Waals surface area contributed by atoms with Crippen LogP contribution in [0.15, 0.2) is 6.20 Å². The fourth-order valence-electron chi connectivity index (χ4n) is 1.06. The summed E-state index contributed by atoms with van der Waals surface area (Å²) in [5.74, 6) is -0.467. The van der Waals surface area contributed by atoms with Gasteiger partial charge >= 0.3 is 5.97 Å². The Kier molecular flexibility index (Phi) is 3.44. The third-order valence-corrected chi connectivity index (χ3v) is 1.67. The molecule has 0 aromatic carbocycles. The molecular formula is C8H12FN3O2. The van der Waals surface area contributed by atoms with Crippen LogP contribution in [0.3, 0.4) is 0 Å². The van der Waals surface area contributed by atoms with Gasteiger partial charge in [-0.2, -0.15) is 5.10 Å². The maximum Gasteiger partial charge on any atom is 0.322 e. The Hall–Kier alpha value is -1.59. The number of nitrogens with one attached hydrogen (secondary N) is 1. The van der Waals surface area contributed by atoms with Gasteiger partial charge in [-0.1, -0.05) is 0 Å². The number of aryl methyl sites for hydroxylation is 2. The van der Waals surface area contributed by atoms with E-state index < -0.39 is 12.6 Å². The van der Waals surface area contributed by atoms with Crippen molar-refractivity contribution in [1.29, 1.82) is 0 Å². The lowest BCUT2D eigenvalue weighted by atomic mass is 10.4. The van der Waals surface area contributed by atoms with Gasteiger partial charge in [0.2, 0.25) is 0 Å². The quantitative estimate of drug-likeness (QED) is 0.734. The Labute approximate surface area is 80.5 Å². The largest absolute Gasteiger partial charge is 0.480 e. The number of aromatic nitrogens is 2. The minimum atomic E-state index is -0.954. The van der Waals surface area contributed by atoms with E-state index in [1.54, 1.807) is 13.1 Å². The molecule has 0 aliphatic carbocycles. The zero-order valence-corrected chi connectivity index (χ0v) is 7.83. The molecule has 1 heterocycles. The lowest BCUT2D eigenvalue weighted by Gasteiger charge is -1.99. The number of nitrogens with zero attached hydrogens (tertiary/aromatic N) is 2. The van der Waals surface area contributed by atoms with Gasteiger partial charge in [0.25, 0.3) is 0 Å². The zero-order chi connectivity index (χ0) is 10.6. The molecule has 0 unspecified atom stereocenters. The van der Waals surface area contributed by atoms with Gasteiger partial charge in [-0.15, -0.1) is 0 Å². The van der Waals surface area contributed by atoms with Gasteiger partial charge in [0.1, 0.15) is 13.2 Å². The Bertz CT molecular complexity index is 324. The second kappa shape index (κ2) is 4.59. The van der Waals surface area contributed by atoms with Gasteiger partial charge in [0, 0.05) is 11.8 Å². The van der Waals surface area contributed by atoms with E-state index in [1.807, 2.05) is 0 Å². The number of hydrogen-bond donors (Lipinski definition) is 2. The number of alkyl halides is 1. The highest BCUT2D eigenvalue weighted by Gasteiger charge is 2.05. The molecule has 2 N–H and O–H groups in total. The highest BCUT2D eigenvalue weighted by molar-refractivity contribution is 5.72. The van der Waals surface area contributed by atoms with E-state index in [0.29, 0.717) is 5.82 Å². The molecule has 0 radical (unpaired) electrons. The topological polar surface area (TPSA) is 67.2 Å². The molecular weight excluding hydrogens is 189 g/mol. The van der Waals surface area contributed by atoms with Gasteiger partial charge in [0.15, 0.2) is 5.82 Å². The summed E-state index contributed by atoms with van der Waals surface area (Å²) < 4.78 is 13.4. The molecule has 0 saturated carbocycles. The van der Waals surface area contributed by atoms with Crippen LogP contribution < -0.4 is 5.32 Å². The first kappa shape index (κ1) is 10.5. The smallest absolute Gasteiger partial charge is 0.322 e. The molecule has 0 fully saturated rings. The molecule has 1 aromatic heterocycles. The second-order valence-corrected chi connectivity index (χ2v) is 2.86. The summed E-state index contributed by atoms with van der Waals surface area (Å²) >= 11 is 0. The van der Waals surface area contributed by atoms with Gasteiger partial charge in [-0.3, -0.25) is 9.48 Å². The van der Waals surface area contributed by atoms with E-state index in [0.717, 1.165) is 5.56 Å². The molecule has 1 rings (SSSR count). The van der Waals surface area contributed by atoms with Gasteiger partial charge in [0.05, 0.1) is 6.54 Å². The molecule has 6 heteroatoms. The van der Waals surface area contributed by atoms with Crippen LogP contribution in [0.4, 0.5) is 10.2 Å². The van der Waals surface area contributed by atoms with Crippen molar-refractivity contribution in [2.75, 3.05) is 18.5 Å². The number of carbonyl (C=O) groups is 1. The van der Waals surface area contributed by atoms with Crippen LogP contribution >= 0.6 is 0 Å². The van der Waals surface area contributed by atoms with Crippen LogP contribution in [0.5, 0.6) is 0 Å². The summed E-state index contributed by atoms with van der Waals surface area (Å²) in [7, 11) is 0. The van der Waals surface area contributed by atoms with Crippen molar-refractivity contribution >= 4 is 11.8 Å². The first-order valence-electron chi connectivity index (χ1n) is 4.19. The molecule has 0 atom stereocenters. The van der Waals surface area contributed by atoms with Crippen molar-refractivity contribution in [3.8, 4) is 0 Å². The van der Waals surface area contributed by atoms with Gasteiger partial charge < -0.3 is 10.4 Å². The minimum Gasteiger partial charge on any atom is -0.480 e. The van der Waals surface area contributed by atoms with E-state index in [9.17, 15) is 9.18 Å². The van der Waals surface area contributed by atoms with E-state index in [-0.39, 0.29) is 13.1 Å². The lowest BCUT2D eigenvalue weighted by molar-refractivity contribution is -0.134. The normalized spacial score (nSPS) is 10.1. The molecule has 0 amide bonds. The molecule has 5 nitrogen and oxygen atoms in total. The Morgan fingerprint density at radius 3 is 3.07 bits per heavy atom. The molecule has 1 aromatic rings. The molecule has 0 aliphatic rings. The van der Waals surface area contributed by atoms with E-state index in [1.165, 1.54) is 4.68 Å². The SMILES string of the molecule is Cc1cn(CCF)nc1NCC(=O)O. The first-order chi connectivity index (χ1) is 6.63. The van der Waals surface area contributed by atoms with Crippen LogP contribution in [-0.4, -0.2) is 34.1 Å². The van der Waals surface area contributed by atoms with Crippen molar-refractivity contribution < 1.29 is 14.3 Å². The standard InChI is InChI=1S/C8H12FN3O2/c1-6-5-12(3-2-9)11-8(6)10-4-7(13)14/h5H,2-4H2,1H3,(H,10,11)(H,13,14). The highest BCUT2D eigenvalue weighted by Crippen LogP contribution is 2.10. The number of carboxylic acid groups (broad SMARTS) is 1. The van der Waals surface area contributed by atoms with Gasteiger partial charge in [-0.25, -0.2) is 4.39 Å². The Balaban J connectivity index is 2.62. The van der Waals surface area contributed by atoms with Crippen LogP contribution in [-0.2, 0) is 11.3 Å². The molecule has 0 saturated heterocycles. The fraction of sp³-hybridized carbons (Fsp3) is 0.500.